The summed E-state index contributed by atoms with van der Waals surface area (Å²) in [5.41, 5.74) is 6.69. The molecule has 5 amide bonds. The van der Waals surface area contributed by atoms with Gasteiger partial charge in [0.15, 0.2) is 0 Å². The number of amides is 5. The fourth-order valence-corrected chi connectivity index (χ4v) is 4.28. The first-order valence-electron chi connectivity index (χ1n) is 14.7. The van der Waals surface area contributed by atoms with Crippen LogP contribution in [0.1, 0.15) is 51.7 Å². The van der Waals surface area contributed by atoms with E-state index in [9.17, 15) is 33.2 Å². The van der Waals surface area contributed by atoms with Gasteiger partial charge in [-0.15, -0.1) is 0 Å². The Morgan fingerprint density at radius 2 is 1.49 bits per heavy atom. The van der Waals surface area contributed by atoms with Crippen LogP contribution in [0, 0.1) is 17.7 Å². The summed E-state index contributed by atoms with van der Waals surface area (Å²) in [5, 5.41) is 9.73. The summed E-state index contributed by atoms with van der Waals surface area (Å²) in [5.74, 6) is -5.37. The highest BCUT2D eigenvalue weighted by atomic mass is 19.1. The normalized spacial score (nSPS) is 13.5. The van der Waals surface area contributed by atoms with Gasteiger partial charge in [-0.3, -0.25) is 24.0 Å². The summed E-state index contributed by atoms with van der Waals surface area (Å²) in [6.07, 6.45) is -0.167. The average Bonchev–Trinajstić information content (AvgIpc) is 3.01. The SMILES string of the molecule is CC[C@H](C)C(NC(=O)[C@H](CC(C)C)NC(=O)OCc1ccccc1)C(=O)C(=O)NCC(=O)N[C@@H](Cc1ccc(F)cc1)C(N)=O. The fourth-order valence-electron chi connectivity index (χ4n) is 4.28. The Hall–Kier alpha value is -4.81. The Morgan fingerprint density at radius 1 is 0.844 bits per heavy atom. The van der Waals surface area contributed by atoms with Crippen LogP contribution in [0.4, 0.5) is 9.18 Å². The van der Waals surface area contributed by atoms with Crippen LogP contribution in [-0.4, -0.2) is 60.2 Å². The Morgan fingerprint density at radius 3 is 2.07 bits per heavy atom. The number of halogens is 1. The molecule has 45 heavy (non-hydrogen) atoms. The summed E-state index contributed by atoms with van der Waals surface area (Å²) in [6.45, 7) is 6.51. The Labute approximate surface area is 262 Å². The van der Waals surface area contributed by atoms with Crippen molar-refractivity contribution in [3.63, 3.8) is 0 Å². The number of primary amides is 1. The molecule has 1 unspecified atom stereocenters. The van der Waals surface area contributed by atoms with Crippen LogP contribution in [0.3, 0.4) is 0 Å². The maximum Gasteiger partial charge on any atom is 0.408 e. The number of nitrogens with one attached hydrogen (secondary N) is 4. The van der Waals surface area contributed by atoms with E-state index >= 15 is 0 Å². The van der Waals surface area contributed by atoms with E-state index in [0.29, 0.717) is 12.0 Å². The quantitative estimate of drug-likeness (QED) is 0.166. The van der Waals surface area contributed by atoms with E-state index < -0.39 is 71.9 Å². The minimum atomic E-state index is -1.25. The van der Waals surface area contributed by atoms with Gasteiger partial charge in [0.05, 0.1) is 12.6 Å². The molecule has 0 aromatic heterocycles. The maximum absolute atomic E-state index is 13.3. The lowest BCUT2D eigenvalue weighted by Gasteiger charge is -2.26. The van der Waals surface area contributed by atoms with Crippen LogP contribution in [0.25, 0.3) is 0 Å². The predicted molar refractivity (Wildman–Crippen MR) is 164 cm³/mol. The molecule has 2 rings (SSSR count). The molecule has 4 atom stereocenters. The van der Waals surface area contributed by atoms with Crippen molar-refractivity contribution in [3.8, 4) is 0 Å². The lowest BCUT2D eigenvalue weighted by molar-refractivity contribution is -0.141. The number of ether oxygens (including phenoxy) is 1. The van der Waals surface area contributed by atoms with Gasteiger partial charge in [-0.2, -0.15) is 0 Å². The Bertz CT molecular complexity index is 1320. The van der Waals surface area contributed by atoms with Crippen molar-refractivity contribution in [2.24, 2.45) is 17.6 Å². The van der Waals surface area contributed by atoms with Crippen molar-refractivity contribution in [1.82, 2.24) is 21.3 Å². The van der Waals surface area contributed by atoms with Crippen LogP contribution >= 0.6 is 0 Å². The molecule has 0 heterocycles. The number of carbonyl (C=O) groups excluding carboxylic acids is 6. The molecule has 12 nitrogen and oxygen atoms in total. The minimum Gasteiger partial charge on any atom is -0.445 e. The van der Waals surface area contributed by atoms with Crippen LogP contribution in [0.2, 0.25) is 0 Å². The number of alkyl carbamates (subject to hydrolysis) is 1. The number of carbonyl (C=O) groups is 6. The average molecular weight is 628 g/mol. The van der Waals surface area contributed by atoms with Crippen molar-refractivity contribution in [2.45, 2.75) is 71.7 Å². The van der Waals surface area contributed by atoms with Gasteiger partial charge in [-0.25, -0.2) is 9.18 Å². The van der Waals surface area contributed by atoms with E-state index in [1.165, 1.54) is 24.3 Å². The summed E-state index contributed by atoms with van der Waals surface area (Å²) in [6, 6.07) is 10.8. The van der Waals surface area contributed by atoms with Crippen LogP contribution < -0.4 is 27.0 Å². The van der Waals surface area contributed by atoms with Gasteiger partial charge >= 0.3 is 6.09 Å². The molecule has 0 spiro atoms. The summed E-state index contributed by atoms with van der Waals surface area (Å²) < 4.78 is 18.4. The predicted octanol–water partition coefficient (Wildman–Crippen LogP) is 1.90. The summed E-state index contributed by atoms with van der Waals surface area (Å²) in [7, 11) is 0. The molecule has 2 aromatic carbocycles. The molecule has 0 saturated heterocycles. The smallest absolute Gasteiger partial charge is 0.408 e. The molecule has 0 fully saturated rings. The zero-order valence-electron chi connectivity index (χ0n) is 25.9. The monoisotopic (exact) mass is 627 g/mol. The topological polar surface area (TPSA) is 186 Å². The van der Waals surface area contributed by atoms with E-state index in [-0.39, 0.29) is 25.4 Å². The number of Topliss-reactive ketones (excluding diaryl/α,β-unsaturated/α-hetero) is 1. The van der Waals surface area contributed by atoms with Crippen molar-refractivity contribution < 1.29 is 37.9 Å². The zero-order chi connectivity index (χ0) is 33.5. The van der Waals surface area contributed by atoms with E-state index in [0.717, 1.165) is 5.56 Å². The van der Waals surface area contributed by atoms with E-state index in [4.69, 9.17) is 10.5 Å². The minimum absolute atomic E-state index is 0.00313. The maximum atomic E-state index is 13.3. The third-order valence-electron chi connectivity index (χ3n) is 6.99. The number of benzene rings is 2. The fraction of sp³-hybridized carbons (Fsp3) is 0.438. The van der Waals surface area contributed by atoms with Gasteiger partial charge in [-0.05, 0) is 41.5 Å². The number of rotatable bonds is 17. The molecular weight excluding hydrogens is 585 g/mol. The highest BCUT2D eigenvalue weighted by Crippen LogP contribution is 2.12. The van der Waals surface area contributed by atoms with Crippen molar-refractivity contribution in [2.75, 3.05) is 6.54 Å². The molecule has 244 valence electrons. The number of ketones is 1. The molecule has 6 N–H and O–H groups in total. The molecular formula is C32H42FN5O7. The third kappa shape index (κ3) is 12.8. The molecule has 0 aliphatic carbocycles. The van der Waals surface area contributed by atoms with Gasteiger partial charge in [-0.1, -0.05) is 76.6 Å². The number of hydrogen-bond donors (Lipinski definition) is 5. The first kappa shape index (κ1) is 36.4. The Kier molecular flexibility index (Phi) is 14.6. The molecule has 0 radical (unpaired) electrons. The third-order valence-corrected chi connectivity index (χ3v) is 6.99. The van der Waals surface area contributed by atoms with Crippen LogP contribution in [-0.2, 0) is 41.7 Å². The largest absolute Gasteiger partial charge is 0.445 e. The number of nitrogens with two attached hydrogens (primary N) is 1. The highest BCUT2D eigenvalue weighted by Gasteiger charge is 2.34. The van der Waals surface area contributed by atoms with Gasteiger partial charge in [0.25, 0.3) is 5.91 Å². The second-order valence-corrected chi connectivity index (χ2v) is 11.2. The van der Waals surface area contributed by atoms with Gasteiger partial charge in [0, 0.05) is 6.42 Å². The molecule has 13 heteroatoms. The van der Waals surface area contributed by atoms with Crippen molar-refractivity contribution in [3.05, 3.63) is 71.5 Å². The summed E-state index contributed by atoms with van der Waals surface area (Å²) in [4.78, 5) is 76.0. The lowest BCUT2D eigenvalue weighted by atomic mass is 9.94. The highest BCUT2D eigenvalue weighted by molar-refractivity contribution is 6.38. The van der Waals surface area contributed by atoms with Crippen molar-refractivity contribution >= 4 is 35.5 Å². The van der Waals surface area contributed by atoms with Gasteiger partial charge < -0.3 is 31.7 Å². The molecule has 0 aliphatic rings. The lowest BCUT2D eigenvalue weighted by Crippen LogP contribution is -2.56. The standard InChI is InChI=1S/C32H42FN5O7/c1-5-20(4)27(38-30(42)25(15-19(2)3)37-32(44)45-18-22-9-7-6-8-10-22)28(40)31(43)35-17-26(39)36-24(29(34)41)16-21-11-13-23(33)14-12-21/h6-14,19-20,24-25,27H,5,15-18H2,1-4H3,(H2,34,41)(H,35,43)(H,36,39)(H,37,44)(H,38,42)/t20-,24-,25-,27?/m0/s1. The summed E-state index contributed by atoms with van der Waals surface area (Å²) >= 11 is 0. The second-order valence-electron chi connectivity index (χ2n) is 11.2. The van der Waals surface area contributed by atoms with E-state index in [1.807, 2.05) is 19.9 Å². The molecule has 2 aromatic rings. The van der Waals surface area contributed by atoms with Crippen LogP contribution in [0.5, 0.6) is 0 Å². The van der Waals surface area contributed by atoms with E-state index in [1.54, 1.807) is 38.1 Å². The van der Waals surface area contributed by atoms with Gasteiger partial charge in [0.1, 0.15) is 24.5 Å². The van der Waals surface area contributed by atoms with E-state index in [2.05, 4.69) is 21.3 Å². The van der Waals surface area contributed by atoms with Crippen LogP contribution in [0.15, 0.2) is 54.6 Å². The first-order valence-corrected chi connectivity index (χ1v) is 14.7. The second kappa shape index (κ2) is 18.1. The molecule has 0 aliphatic heterocycles. The first-order chi connectivity index (χ1) is 21.3. The molecule has 0 saturated carbocycles. The van der Waals surface area contributed by atoms with Gasteiger partial charge in [0.2, 0.25) is 23.5 Å². The zero-order valence-corrected chi connectivity index (χ0v) is 25.9. The van der Waals surface area contributed by atoms with Crippen molar-refractivity contribution in [1.29, 1.82) is 0 Å². The molecule has 0 bridgehead atoms. The Balaban J connectivity index is 2.00. The number of hydrogen-bond acceptors (Lipinski definition) is 7.